The number of aliphatic hydroxyl groups is 1. The highest BCUT2D eigenvalue weighted by molar-refractivity contribution is 7.09. The van der Waals surface area contributed by atoms with Gasteiger partial charge < -0.3 is 5.11 Å². The zero-order valence-electron chi connectivity index (χ0n) is 7.86. The van der Waals surface area contributed by atoms with Gasteiger partial charge in [0, 0.05) is 11.3 Å². The number of nitrogens with zero attached hydrogens (tertiary/aromatic N) is 1. The Morgan fingerprint density at radius 3 is 2.85 bits per heavy atom. The number of aliphatic hydroxyl groups excluding tert-OH is 1. The van der Waals surface area contributed by atoms with Crippen LogP contribution in [0.2, 0.25) is 0 Å². The van der Waals surface area contributed by atoms with Gasteiger partial charge in [0.2, 0.25) is 0 Å². The van der Waals surface area contributed by atoms with Crippen LogP contribution < -0.4 is 0 Å². The monoisotopic (exact) mass is 197 g/mol. The summed E-state index contributed by atoms with van der Waals surface area (Å²) in [5.41, 5.74) is 1.11. The Bertz CT molecular complexity index is 284. The first-order chi connectivity index (χ1) is 6.27. The van der Waals surface area contributed by atoms with Crippen LogP contribution >= 0.6 is 11.3 Å². The average molecular weight is 197 g/mol. The average Bonchev–Trinajstić information content (AvgIpc) is 2.53. The van der Waals surface area contributed by atoms with Crippen LogP contribution in [0.25, 0.3) is 0 Å². The van der Waals surface area contributed by atoms with Crippen molar-refractivity contribution in [1.29, 1.82) is 0 Å². The maximum absolute atomic E-state index is 9.80. The second-order valence-electron chi connectivity index (χ2n) is 3.75. The molecular weight excluding hydrogens is 182 g/mol. The van der Waals surface area contributed by atoms with Crippen LogP contribution in [0.1, 0.15) is 42.3 Å². The molecule has 2 unspecified atom stereocenters. The molecule has 1 saturated carbocycles. The third-order valence-electron chi connectivity index (χ3n) is 2.75. The molecule has 2 nitrogen and oxygen atoms in total. The zero-order valence-corrected chi connectivity index (χ0v) is 8.68. The molecule has 1 aliphatic rings. The quantitative estimate of drug-likeness (QED) is 0.750. The second kappa shape index (κ2) is 3.76. The van der Waals surface area contributed by atoms with Crippen molar-refractivity contribution in [1.82, 2.24) is 4.98 Å². The molecule has 72 valence electrons. The van der Waals surface area contributed by atoms with E-state index in [9.17, 15) is 5.11 Å². The maximum atomic E-state index is 9.80. The van der Waals surface area contributed by atoms with E-state index >= 15 is 0 Å². The Kier molecular flexibility index (Phi) is 2.65. The van der Waals surface area contributed by atoms with Gasteiger partial charge in [0.1, 0.15) is 0 Å². The summed E-state index contributed by atoms with van der Waals surface area (Å²) < 4.78 is 0. The van der Waals surface area contributed by atoms with Gasteiger partial charge in [-0.15, -0.1) is 11.3 Å². The lowest BCUT2D eigenvalue weighted by molar-refractivity contribution is 0.105. The predicted molar refractivity (Wildman–Crippen MR) is 54.1 cm³/mol. The number of rotatable bonds is 1. The normalized spacial score (nSPS) is 29.1. The SMILES string of the molecule is Cc1nc(C2CCCCC2O)cs1. The summed E-state index contributed by atoms with van der Waals surface area (Å²) in [6, 6.07) is 0. The van der Waals surface area contributed by atoms with Gasteiger partial charge in [0.25, 0.3) is 0 Å². The highest BCUT2D eigenvalue weighted by atomic mass is 32.1. The largest absolute Gasteiger partial charge is 0.392 e. The van der Waals surface area contributed by atoms with E-state index in [4.69, 9.17) is 0 Å². The van der Waals surface area contributed by atoms with Crippen LogP contribution in [0, 0.1) is 6.92 Å². The lowest BCUT2D eigenvalue weighted by Crippen LogP contribution is -2.22. The van der Waals surface area contributed by atoms with E-state index in [-0.39, 0.29) is 6.10 Å². The van der Waals surface area contributed by atoms with Crippen LogP contribution in [0.4, 0.5) is 0 Å². The Hall–Kier alpha value is -0.410. The number of hydrogen-bond acceptors (Lipinski definition) is 3. The molecule has 0 aromatic carbocycles. The molecule has 1 aromatic rings. The number of aromatic nitrogens is 1. The summed E-state index contributed by atoms with van der Waals surface area (Å²) in [6.45, 7) is 2.02. The molecular formula is C10H15NOS. The zero-order chi connectivity index (χ0) is 9.26. The van der Waals surface area contributed by atoms with Gasteiger partial charge >= 0.3 is 0 Å². The number of hydrogen-bond donors (Lipinski definition) is 1. The standard InChI is InChI=1S/C10H15NOS/c1-7-11-9(6-13-7)8-4-2-3-5-10(8)12/h6,8,10,12H,2-5H2,1H3. The predicted octanol–water partition coefficient (Wildman–Crippen LogP) is 2.47. The first-order valence-electron chi connectivity index (χ1n) is 4.87. The molecule has 0 saturated heterocycles. The minimum absolute atomic E-state index is 0.157. The summed E-state index contributed by atoms with van der Waals surface area (Å²) in [6.07, 6.45) is 4.29. The van der Waals surface area contributed by atoms with Crippen molar-refractivity contribution in [2.45, 2.75) is 44.6 Å². The molecule has 3 heteroatoms. The molecule has 1 aliphatic carbocycles. The highest BCUT2D eigenvalue weighted by Gasteiger charge is 2.26. The minimum Gasteiger partial charge on any atom is -0.392 e. The third kappa shape index (κ3) is 1.92. The lowest BCUT2D eigenvalue weighted by atomic mass is 9.85. The summed E-state index contributed by atoms with van der Waals surface area (Å²) in [7, 11) is 0. The molecule has 13 heavy (non-hydrogen) atoms. The van der Waals surface area contributed by atoms with E-state index < -0.39 is 0 Å². The molecule has 1 fully saturated rings. The summed E-state index contributed by atoms with van der Waals surface area (Å²) in [5, 5.41) is 13.0. The molecule has 0 spiro atoms. The van der Waals surface area contributed by atoms with Crippen molar-refractivity contribution in [3.63, 3.8) is 0 Å². The minimum atomic E-state index is -0.157. The van der Waals surface area contributed by atoms with Crippen LogP contribution in [0.3, 0.4) is 0 Å². The Balaban J connectivity index is 2.14. The third-order valence-corrected chi connectivity index (χ3v) is 3.54. The molecule has 0 amide bonds. The summed E-state index contributed by atoms with van der Waals surface area (Å²) >= 11 is 1.68. The van der Waals surface area contributed by atoms with Crippen molar-refractivity contribution in [3.05, 3.63) is 16.1 Å². The van der Waals surface area contributed by atoms with E-state index in [0.29, 0.717) is 5.92 Å². The molecule has 1 N–H and O–H groups in total. The molecule has 0 radical (unpaired) electrons. The topological polar surface area (TPSA) is 33.1 Å². The maximum Gasteiger partial charge on any atom is 0.0897 e. The van der Waals surface area contributed by atoms with Gasteiger partial charge in [-0.1, -0.05) is 12.8 Å². The van der Waals surface area contributed by atoms with Crippen molar-refractivity contribution in [2.24, 2.45) is 0 Å². The van der Waals surface area contributed by atoms with E-state index in [1.54, 1.807) is 11.3 Å². The fourth-order valence-electron chi connectivity index (χ4n) is 2.01. The van der Waals surface area contributed by atoms with E-state index in [2.05, 4.69) is 10.4 Å². The second-order valence-corrected chi connectivity index (χ2v) is 4.81. The molecule has 0 aliphatic heterocycles. The Morgan fingerprint density at radius 2 is 2.23 bits per heavy atom. The number of aryl methyl sites for hydroxylation is 1. The van der Waals surface area contributed by atoms with E-state index in [1.165, 1.54) is 12.8 Å². The van der Waals surface area contributed by atoms with Gasteiger partial charge in [-0.25, -0.2) is 4.98 Å². The summed E-state index contributed by atoms with van der Waals surface area (Å²) in [5.74, 6) is 0.304. The van der Waals surface area contributed by atoms with E-state index in [1.807, 2.05) is 6.92 Å². The fourth-order valence-corrected chi connectivity index (χ4v) is 2.68. The van der Waals surface area contributed by atoms with Crippen LogP contribution in [-0.2, 0) is 0 Å². The number of thiazole rings is 1. The lowest BCUT2D eigenvalue weighted by Gasteiger charge is -2.25. The van der Waals surface area contributed by atoms with Gasteiger partial charge in [-0.05, 0) is 19.8 Å². The highest BCUT2D eigenvalue weighted by Crippen LogP contribution is 2.33. The van der Waals surface area contributed by atoms with Crippen molar-refractivity contribution >= 4 is 11.3 Å². The van der Waals surface area contributed by atoms with Crippen LogP contribution in [0.5, 0.6) is 0 Å². The first-order valence-corrected chi connectivity index (χ1v) is 5.75. The van der Waals surface area contributed by atoms with Gasteiger partial charge in [0.05, 0.1) is 16.8 Å². The fraction of sp³-hybridized carbons (Fsp3) is 0.700. The molecule has 0 bridgehead atoms. The van der Waals surface area contributed by atoms with Crippen LogP contribution in [0.15, 0.2) is 5.38 Å². The van der Waals surface area contributed by atoms with Crippen molar-refractivity contribution in [3.8, 4) is 0 Å². The van der Waals surface area contributed by atoms with Crippen LogP contribution in [-0.4, -0.2) is 16.2 Å². The summed E-state index contributed by atoms with van der Waals surface area (Å²) in [4.78, 5) is 4.44. The van der Waals surface area contributed by atoms with Gasteiger partial charge in [0.15, 0.2) is 0 Å². The smallest absolute Gasteiger partial charge is 0.0897 e. The van der Waals surface area contributed by atoms with Gasteiger partial charge in [-0.2, -0.15) is 0 Å². The van der Waals surface area contributed by atoms with E-state index in [0.717, 1.165) is 23.5 Å². The first kappa shape index (κ1) is 9.16. The molecule has 2 rings (SSSR count). The van der Waals surface area contributed by atoms with Crippen molar-refractivity contribution in [2.75, 3.05) is 0 Å². The Labute approximate surface area is 82.6 Å². The molecule has 1 heterocycles. The van der Waals surface area contributed by atoms with Crippen molar-refractivity contribution < 1.29 is 5.11 Å². The molecule has 1 aromatic heterocycles. The van der Waals surface area contributed by atoms with Gasteiger partial charge in [-0.3, -0.25) is 0 Å². The Morgan fingerprint density at radius 1 is 1.46 bits per heavy atom. The molecule has 2 atom stereocenters.